The summed E-state index contributed by atoms with van der Waals surface area (Å²) in [6, 6.07) is 17.0. The summed E-state index contributed by atoms with van der Waals surface area (Å²) < 4.78 is 11.8. The third-order valence-corrected chi connectivity index (χ3v) is 7.49. The highest BCUT2D eigenvalue weighted by molar-refractivity contribution is 5.85. The lowest BCUT2D eigenvalue weighted by molar-refractivity contribution is -0.157. The maximum Gasteiger partial charge on any atom is 0.311 e. The molecule has 0 amide bonds. The van der Waals surface area contributed by atoms with E-state index in [1.807, 2.05) is 13.8 Å². The van der Waals surface area contributed by atoms with Gasteiger partial charge in [0.05, 0.1) is 18.6 Å². The first-order chi connectivity index (χ1) is 17.1. The molecule has 0 saturated heterocycles. The number of hydrogen-bond donors (Lipinski definition) is 0. The lowest BCUT2D eigenvalue weighted by Gasteiger charge is -2.34. The first-order valence-electron chi connectivity index (χ1n) is 13.8. The monoisotopic (exact) mass is 490 g/mol. The molecule has 0 radical (unpaired) electrons. The minimum atomic E-state index is -0.451. The van der Waals surface area contributed by atoms with E-state index >= 15 is 0 Å². The van der Waals surface area contributed by atoms with Crippen molar-refractivity contribution in [1.29, 1.82) is 0 Å². The van der Waals surface area contributed by atoms with Gasteiger partial charge in [0.1, 0.15) is 5.75 Å². The first-order valence-corrected chi connectivity index (χ1v) is 13.8. The predicted octanol–water partition coefficient (Wildman–Crippen LogP) is 8.75. The zero-order chi connectivity index (χ0) is 26.2. The molecule has 3 heteroatoms. The SMILES string of the molecule is CC(CC(C)(C)C)C(C)(C)C(=O)OCCCCCCOc1cccc2c1CCC(c1ccccc1)=C2. The Balaban J connectivity index is 1.36. The maximum absolute atomic E-state index is 12.7. The molecule has 36 heavy (non-hydrogen) atoms. The number of allylic oxidation sites excluding steroid dienone is 1. The Labute approximate surface area is 219 Å². The van der Waals surface area contributed by atoms with E-state index in [1.165, 1.54) is 22.3 Å². The number of rotatable bonds is 12. The largest absolute Gasteiger partial charge is 0.493 e. The Morgan fingerprint density at radius 3 is 2.25 bits per heavy atom. The molecule has 1 aliphatic carbocycles. The van der Waals surface area contributed by atoms with Gasteiger partial charge in [-0.15, -0.1) is 0 Å². The highest BCUT2D eigenvalue weighted by Crippen LogP contribution is 2.37. The van der Waals surface area contributed by atoms with Crippen molar-refractivity contribution in [2.45, 2.75) is 86.5 Å². The molecule has 0 saturated carbocycles. The van der Waals surface area contributed by atoms with Crippen LogP contribution in [0.2, 0.25) is 0 Å². The number of benzene rings is 2. The predicted molar refractivity (Wildman–Crippen MR) is 151 cm³/mol. The topological polar surface area (TPSA) is 35.5 Å². The second-order valence-electron chi connectivity index (χ2n) is 12.1. The van der Waals surface area contributed by atoms with Gasteiger partial charge in [-0.2, -0.15) is 0 Å². The minimum Gasteiger partial charge on any atom is -0.493 e. The van der Waals surface area contributed by atoms with Crippen LogP contribution in [0.3, 0.4) is 0 Å². The van der Waals surface area contributed by atoms with Gasteiger partial charge in [-0.3, -0.25) is 4.79 Å². The van der Waals surface area contributed by atoms with Crippen molar-refractivity contribution >= 4 is 17.6 Å². The highest BCUT2D eigenvalue weighted by Gasteiger charge is 2.37. The van der Waals surface area contributed by atoms with Crippen LogP contribution in [0.5, 0.6) is 5.75 Å². The van der Waals surface area contributed by atoms with Gasteiger partial charge in [-0.05, 0) is 92.9 Å². The number of ether oxygens (including phenoxy) is 2. The lowest BCUT2D eigenvalue weighted by atomic mass is 9.72. The van der Waals surface area contributed by atoms with Crippen molar-refractivity contribution < 1.29 is 14.3 Å². The van der Waals surface area contributed by atoms with Crippen molar-refractivity contribution in [1.82, 2.24) is 0 Å². The van der Waals surface area contributed by atoms with Gasteiger partial charge < -0.3 is 9.47 Å². The summed E-state index contributed by atoms with van der Waals surface area (Å²) in [6.45, 7) is 14.1. The van der Waals surface area contributed by atoms with Crippen molar-refractivity contribution in [3.8, 4) is 5.75 Å². The molecule has 0 N–H and O–H groups in total. The summed E-state index contributed by atoms with van der Waals surface area (Å²) in [4.78, 5) is 12.7. The van der Waals surface area contributed by atoms with Gasteiger partial charge in [0.2, 0.25) is 0 Å². The fraction of sp³-hybridized carbons (Fsp3) is 0.545. The molecule has 3 nitrogen and oxygen atoms in total. The smallest absolute Gasteiger partial charge is 0.311 e. The van der Waals surface area contributed by atoms with Gasteiger partial charge in [0, 0.05) is 5.56 Å². The highest BCUT2D eigenvalue weighted by atomic mass is 16.5. The number of esters is 1. The summed E-state index contributed by atoms with van der Waals surface area (Å²) in [5, 5.41) is 0. The van der Waals surface area contributed by atoms with E-state index in [-0.39, 0.29) is 17.3 Å². The van der Waals surface area contributed by atoms with Crippen LogP contribution in [0.4, 0.5) is 0 Å². The summed E-state index contributed by atoms with van der Waals surface area (Å²) in [7, 11) is 0. The van der Waals surface area contributed by atoms with E-state index in [2.05, 4.69) is 82.3 Å². The summed E-state index contributed by atoms with van der Waals surface area (Å²) in [6.07, 6.45) is 9.42. The second kappa shape index (κ2) is 12.6. The number of carbonyl (C=O) groups excluding carboxylic acids is 1. The average Bonchev–Trinajstić information content (AvgIpc) is 2.84. The van der Waals surface area contributed by atoms with Gasteiger partial charge in [0.15, 0.2) is 0 Å². The van der Waals surface area contributed by atoms with E-state index in [9.17, 15) is 4.79 Å². The molecule has 1 atom stereocenters. The maximum atomic E-state index is 12.7. The fourth-order valence-electron chi connectivity index (χ4n) is 4.99. The fourth-order valence-corrected chi connectivity index (χ4v) is 4.99. The van der Waals surface area contributed by atoms with Crippen LogP contribution in [-0.4, -0.2) is 19.2 Å². The van der Waals surface area contributed by atoms with Crippen LogP contribution >= 0.6 is 0 Å². The number of hydrogen-bond acceptors (Lipinski definition) is 3. The van der Waals surface area contributed by atoms with Crippen molar-refractivity contribution in [3.63, 3.8) is 0 Å². The first kappa shape index (κ1) is 28.0. The molecule has 2 aromatic carbocycles. The zero-order valence-corrected chi connectivity index (χ0v) is 23.4. The van der Waals surface area contributed by atoms with Crippen LogP contribution in [0.25, 0.3) is 11.6 Å². The lowest BCUT2D eigenvalue weighted by Crippen LogP contribution is -2.35. The average molecular weight is 491 g/mol. The van der Waals surface area contributed by atoms with E-state index < -0.39 is 5.41 Å². The second-order valence-corrected chi connectivity index (χ2v) is 12.1. The molecular formula is C33H46O3. The van der Waals surface area contributed by atoms with Crippen LogP contribution in [-0.2, 0) is 16.0 Å². The van der Waals surface area contributed by atoms with Gasteiger partial charge in [-0.1, -0.05) is 76.2 Å². The Bertz CT molecular complexity index is 1010. The third-order valence-electron chi connectivity index (χ3n) is 7.49. The third kappa shape index (κ3) is 7.98. The van der Waals surface area contributed by atoms with Gasteiger partial charge in [0.25, 0.3) is 0 Å². The molecule has 2 aromatic rings. The summed E-state index contributed by atoms with van der Waals surface area (Å²) >= 11 is 0. The molecule has 1 unspecified atom stereocenters. The molecule has 196 valence electrons. The van der Waals surface area contributed by atoms with Crippen LogP contribution in [0.15, 0.2) is 48.5 Å². The number of carbonyl (C=O) groups is 1. The molecule has 0 heterocycles. The van der Waals surface area contributed by atoms with Gasteiger partial charge >= 0.3 is 5.97 Å². The van der Waals surface area contributed by atoms with E-state index in [4.69, 9.17) is 9.47 Å². The van der Waals surface area contributed by atoms with Crippen LogP contribution in [0.1, 0.15) is 96.8 Å². The molecule has 1 aliphatic rings. The molecule has 0 aromatic heterocycles. The molecule has 0 bridgehead atoms. The number of unbranched alkanes of at least 4 members (excludes halogenated alkanes) is 3. The Hall–Kier alpha value is -2.55. The molecule has 0 fully saturated rings. The Kier molecular flexibility index (Phi) is 9.82. The van der Waals surface area contributed by atoms with E-state index in [0.29, 0.717) is 6.61 Å². The Morgan fingerprint density at radius 2 is 1.56 bits per heavy atom. The minimum absolute atomic E-state index is 0.0686. The normalized spacial score (nSPS) is 14.6. The summed E-state index contributed by atoms with van der Waals surface area (Å²) in [5.74, 6) is 1.24. The number of fused-ring (bicyclic) bond motifs is 1. The molecular weight excluding hydrogens is 444 g/mol. The zero-order valence-electron chi connectivity index (χ0n) is 23.4. The Morgan fingerprint density at radius 1 is 0.861 bits per heavy atom. The van der Waals surface area contributed by atoms with E-state index in [0.717, 1.165) is 57.3 Å². The summed E-state index contributed by atoms with van der Waals surface area (Å²) in [5.41, 5.74) is 5.06. The molecule has 0 spiro atoms. The quantitative estimate of drug-likeness (QED) is 0.220. The van der Waals surface area contributed by atoms with Crippen LogP contribution < -0.4 is 4.74 Å². The standard InChI is InChI=1S/C33H46O3/c1-25(24-32(2,3)4)33(5,6)31(34)36-22-13-8-7-12-21-35-30-18-14-17-28-23-27(19-20-29(28)30)26-15-10-9-11-16-26/h9-11,14-18,23,25H,7-8,12-13,19-22,24H2,1-6H3. The van der Waals surface area contributed by atoms with E-state index in [1.54, 1.807) is 0 Å². The molecule has 3 rings (SSSR count). The van der Waals surface area contributed by atoms with Gasteiger partial charge in [-0.25, -0.2) is 0 Å². The van der Waals surface area contributed by atoms with Crippen molar-refractivity contribution in [2.75, 3.05) is 13.2 Å². The van der Waals surface area contributed by atoms with Crippen molar-refractivity contribution in [3.05, 3.63) is 65.2 Å². The molecule has 0 aliphatic heterocycles. The van der Waals surface area contributed by atoms with Crippen molar-refractivity contribution in [2.24, 2.45) is 16.7 Å². The van der Waals surface area contributed by atoms with Crippen LogP contribution in [0, 0.1) is 16.7 Å².